The van der Waals surface area contributed by atoms with Crippen molar-refractivity contribution < 1.29 is 19.2 Å². The van der Waals surface area contributed by atoms with Crippen molar-refractivity contribution in [3.63, 3.8) is 0 Å². The lowest BCUT2D eigenvalue weighted by atomic mass is 9.98. The highest BCUT2D eigenvalue weighted by molar-refractivity contribution is 5.98. The number of hydrogen-bond donors (Lipinski definition) is 0. The van der Waals surface area contributed by atoms with Crippen LogP contribution in [0.4, 0.5) is 5.69 Å². The second-order valence-corrected chi connectivity index (χ2v) is 6.18. The van der Waals surface area contributed by atoms with Crippen molar-refractivity contribution in [1.82, 2.24) is 4.90 Å². The minimum atomic E-state index is -0.521. The third-order valence-corrected chi connectivity index (χ3v) is 4.50. The highest BCUT2D eigenvalue weighted by Gasteiger charge is 2.28. The number of nitro benzene ring substituents is 1. The Kier molecular flexibility index (Phi) is 5.59. The second-order valence-electron chi connectivity index (χ2n) is 6.18. The van der Waals surface area contributed by atoms with E-state index in [0.29, 0.717) is 44.2 Å². The SMILES string of the molecule is CCOc1cc2c(cc1OCC)CN(C(=O)c1ccccc1[N+](=O)[O-])CC2. The predicted molar refractivity (Wildman–Crippen MR) is 100 cm³/mol. The number of nitro groups is 1. The Morgan fingerprint density at radius 1 is 1.11 bits per heavy atom. The lowest BCUT2D eigenvalue weighted by Crippen LogP contribution is -2.36. The van der Waals surface area contributed by atoms with Crippen molar-refractivity contribution in [3.8, 4) is 11.5 Å². The zero-order chi connectivity index (χ0) is 19.4. The maximum absolute atomic E-state index is 12.9. The zero-order valence-electron chi connectivity index (χ0n) is 15.4. The number of rotatable bonds is 6. The summed E-state index contributed by atoms with van der Waals surface area (Å²) in [7, 11) is 0. The van der Waals surface area contributed by atoms with Gasteiger partial charge in [0, 0.05) is 19.2 Å². The van der Waals surface area contributed by atoms with Gasteiger partial charge in [-0.3, -0.25) is 14.9 Å². The number of amides is 1. The van der Waals surface area contributed by atoms with Gasteiger partial charge in [-0.25, -0.2) is 0 Å². The van der Waals surface area contributed by atoms with Gasteiger partial charge in [0.05, 0.1) is 18.1 Å². The van der Waals surface area contributed by atoms with Crippen LogP contribution in [0.2, 0.25) is 0 Å². The third kappa shape index (κ3) is 3.86. The minimum absolute atomic E-state index is 0.113. The van der Waals surface area contributed by atoms with Crippen LogP contribution in [0, 0.1) is 10.1 Å². The summed E-state index contributed by atoms with van der Waals surface area (Å²) in [5.74, 6) is 1.02. The number of fused-ring (bicyclic) bond motifs is 1. The monoisotopic (exact) mass is 370 g/mol. The largest absolute Gasteiger partial charge is 0.490 e. The molecule has 7 heteroatoms. The average molecular weight is 370 g/mol. The molecule has 0 fully saturated rings. The topological polar surface area (TPSA) is 81.9 Å². The van der Waals surface area contributed by atoms with Gasteiger partial charge < -0.3 is 14.4 Å². The fourth-order valence-electron chi connectivity index (χ4n) is 3.26. The molecule has 0 radical (unpaired) electrons. The molecule has 7 nitrogen and oxygen atoms in total. The highest BCUT2D eigenvalue weighted by atomic mass is 16.6. The number of para-hydroxylation sites is 1. The number of benzene rings is 2. The summed E-state index contributed by atoms with van der Waals surface area (Å²) in [6.45, 7) is 5.75. The molecule has 2 aromatic carbocycles. The summed E-state index contributed by atoms with van der Waals surface area (Å²) in [4.78, 5) is 25.2. The van der Waals surface area contributed by atoms with E-state index in [1.54, 1.807) is 17.0 Å². The summed E-state index contributed by atoms with van der Waals surface area (Å²) in [5, 5.41) is 11.2. The Hall–Kier alpha value is -3.09. The van der Waals surface area contributed by atoms with Crippen molar-refractivity contribution in [1.29, 1.82) is 0 Å². The van der Waals surface area contributed by atoms with Crippen molar-refractivity contribution in [2.45, 2.75) is 26.8 Å². The van der Waals surface area contributed by atoms with E-state index in [-0.39, 0.29) is 17.2 Å². The van der Waals surface area contributed by atoms with Crippen LogP contribution in [-0.4, -0.2) is 35.5 Å². The normalized spacial score (nSPS) is 13.0. The van der Waals surface area contributed by atoms with E-state index >= 15 is 0 Å². The zero-order valence-corrected chi connectivity index (χ0v) is 15.4. The highest BCUT2D eigenvalue weighted by Crippen LogP contribution is 2.34. The molecule has 1 heterocycles. The molecule has 2 aromatic rings. The van der Waals surface area contributed by atoms with Crippen LogP contribution in [0.25, 0.3) is 0 Å². The Morgan fingerprint density at radius 3 is 2.37 bits per heavy atom. The third-order valence-electron chi connectivity index (χ3n) is 4.50. The first-order valence-corrected chi connectivity index (χ1v) is 8.99. The summed E-state index contributed by atoms with van der Waals surface area (Å²) >= 11 is 0. The van der Waals surface area contributed by atoms with Gasteiger partial charge in [-0.15, -0.1) is 0 Å². The van der Waals surface area contributed by atoms with Crippen molar-refractivity contribution in [2.75, 3.05) is 19.8 Å². The number of carbonyl (C=O) groups excluding carboxylic acids is 1. The molecule has 142 valence electrons. The standard InChI is InChI=1S/C20H22N2O5/c1-3-26-18-11-14-9-10-21(13-15(14)12-19(18)27-4-2)20(23)16-7-5-6-8-17(16)22(24)25/h5-8,11-12H,3-4,9-10,13H2,1-2H3. The predicted octanol–water partition coefficient (Wildman–Crippen LogP) is 3.59. The van der Waals surface area contributed by atoms with E-state index < -0.39 is 4.92 Å². The molecule has 1 aliphatic rings. The molecule has 0 aromatic heterocycles. The van der Waals surface area contributed by atoms with E-state index in [2.05, 4.69) is 0 Å². The summed E-state index contributed by atoms with van der Waals surface area (Å²) < 4.78 is 11.3. The summed E-state index contributed by atoms with van der Waals surface area (Å²) in [6, 6.07) is 9.93. The van der Waals surface area contributed by atoms with Gasteiger partial charge in [-0.1, -0.05) is 12.1 Å². The molecule has 0 spiro atoms. The van der Waals surface area contributed by atoms with Crippen LogP contribution in [0.5, 0.6) is 11.5 Å². The summed E-state index contributed by atoms with van der Waals surface area (Å²) in [5.41, 5.74) is 2.02. The van der Waals surface area contributed by atoms with Crippen LogP contribution < -0.4 is 9.47 Å². The van der Waals surface area contributed by atoms with Crippen LogP contribution in [0.3, 0.4) is 0 Å². The smallest absolute Gasteiger partial charge is 0.282 e. The molecule has 0 unspecified atom stereocenters. The van der Waals surface area contributed by atoms with Crippen molar-refractivity contribution in [3.05, 3.63) is 63.2 Å². The quantitative estimate of drug-likeness (QED) is 0.573. The second kappa shape index (κ2) is 8.07. The molecule has 0 atom stereocenters. The molecular weight excluding hydrogens is 348 g/mol. The van der Waals surface area contributed by atoms with Gasteiger partial charge in [-0.05, 0) is 49.6 Å². The number of ether oxygens (including phenoxy) is 2. The van der Waals surface area contributed by atoms with Crippen LogP contribution in [0.15, 0.2) is 36.4 Å². The van der Waals surface area contributed by atoms with Gasteiger partial charge in [0.25, 0.3) is 11.6 Å². The molecule has 1 amide bonds. The molecule has 3 rings (SSSR count). The Balaban J connectivity index is 1.89. The lowest BCUT2D eigenvalue weighted by molar-refractivity contribution is -0.385. The summed E-state index contributed by atoms with van der Waals surface area (Å²) in [6.07, 6.45) is 0.661. The van der Waals surface area contributed by atoms with Gasteiger partial charge in [0.15, 0.2) is 11.5 Å². The Labute approximate surface area is 157 Å². The van der Waals surface area contributed by atoms with Crippen LogP contribution in [0.1, 0.15) is 35.3 Å². The number of nitrogens with zero attached hydrogens (tertiary/aromatic N) is 2. The average Bonchev–Trinajstić information content (AvgIpc) is 2.68. The Bertz CT molecular complexity index is 865. The maximum atomic E-state index is 12.9. The van der Waals surface area contributed by atoms with Gasteiger partial charge in [-0.2, -0.15) is 0 Å². The molecule has 1 aliphatic heterocycles. The Morgan fingerprint density at radius 2 is 1.74 bits per heavy atom. The van der Waals surface area contributed by atoms with Crippen LogP contribution in [-0.2, 0) is 13.0 Å². The van der Waals surface area contributed by atoms with Gasteiger partial charge in [0.2, 0.25) is 0 Å². The van der Waals surface area contributed by atoms with Gasteiger partial charge in [0.1, 0.15) is 5.56 Å². The molecule has 27 heavy (non-hydrogen) atoms. The fourth-order valence-corrected chi connectivity index (χ4v) is 3.26. The molecule has 0 aliphatic carbocycles. The molecular formula is C20H22N2O5. The fraction of sp³-hybridized carbons (Fsp3) is 0.350. The van der Waals surface area contributed by atoms with E-state index in [0.717, 1.165) is 11.1 Å². The first-order chi connectivity index (χ1) is 13.0. The molecule has 0 saturated carbocycles. The van der Waals surface area contributed by atoms with E-state index in [1.807, 2.05) is 26.0 Å². The first-order valence-electron chi connectivity index (χ1n) is 8.99. The van der Waals surface area contributed by atoms with Crippen LogP contribution >= 0.6 is 0 Å². The number of hydrogen-bond acceptors (Lipinski definition) is 5. The first kappa shape index (κ1) is 18.7. The minimum Gasteiger partial charge on any atom is -0.490 e. The van der Waals surface area contributed by atoms with Crippen molar-refractivity contribution in [2.24, 2.45) is 0 Å². The van der Waals surface area contributed by atoms with Crippen molar-refractivity contribution >= 4 is 11.6 Å². The molecule has 0 saturated heterocycles. The molecule has 0 bridgehead atoms. The van der Waals surface area contributed by atoms with E-state index in [1.165, 1.54) is 12.1 Å². The van der Waals surface area contributed by atoms with E-state index in [9.17, 15) is 14.9 Å². The van der Waals surface area contributed by atoms with Gasteiger partial charge >= 0.3 is 0 Å². The van der Waals surface area contributed by atoms with E-state index in [4.69, 9.17) is 9.47 Å². The lowest BCUT2D eigenvalue weighted by Gasteiger charge is -2.29. The maximum Gasteiger partial charge on any atom is 0.282 e. The number of carbonyl (C=O) groups is 1. The molecule has 0 N–H and O–H groups in total.